The van der Waals surface area contributed by atoms with Gasteiger partial charge in [-0.3, -0.25) is 0 Å². The third-order valence-corrected chi connectivity index (χ3v) is 3.77. The summed E-state index contributed by atoms with van der Waals surface area (Å²) in [4.78, 5) is 0. The molecule has 0 amide bonds. The quantitative estimate of drug-likeness (QED) is 0.815. The molecule has 1 aromatic carbocycles. The van der Waals surface area contributed by atoms with Gasteiger partial charge in [0.05, 0.1) is 6.61 Å². The minimum Gasteiger partial charge on any atom is -0.380 e. The van der Waals surface area contributed by atoms with E-state index in [0.717, 1.165) is 19.0 Å². The molecule has 1 aliphatic rings. The smallest absolute Gasteiger partial charge is 0.0713 e. The number of ether oxygens (including phenoxy) is 1. The summed E-state index contributed by atoms with van der Waals surface area (Å²) in [5.41, 5.74) is 3.16. The predicted molar refractivity (Wildman–Crippen MR) is 70.7 cm³/mol. The Morgan fingerprint density at radius 3 is 2.35 bits per heavy atom. The van der Waals surface area contributed by atoms with Gasteiger partial charge in [0, 0.05) is 13.7 Å². The van der Waals surface area contributed by atoms with Crippen LogP contribution in [0.3, 0.4) is 0 Å². The molecule has 1 unspecified atom stereocenters. The fourth-order valence-electron chi connectivity index (χ4n) is 2.24. The maximum atomic E-state index is 5.10. The van der Waals surface area contributed by atoms with Crippen LogP contribution in [0.4, 0.5) is 0 Å². The summed E-state index contributed by atoms with van der Waals surface area (Å²) < 4.78 is 5.10. The first-order valence-electron chi connectivity index (χ1n) is 6.39. The Labute approximate surface area is 104 Å². The van der Waals surface area contributed by atoms with Crippen LogP contribution in [-0.4, -0.2) is 13.7 Å². The Kier molecular flexibility index (Phi) is 3.85. The van der Waals surface area contributed by atoms with Gasteiger partial charge in [0.25, 0.3) is 0 Å². The van der Waals surface area contributed by atoms with Crippen LogP contribution >= 0.6 is 0 Å². The van der Waals surface area contributed by atoms with E-state index in [1.165, 1.54) is 17.5 Å². The summed E-state index contributed by atoms with van der Waals surface area (Å²) in [6, 6.07) is 8.64. The maximum absolute atomic E-state index is 5.10. The molecule has 1 aliphatic carbocycles. The van der Waals surface area contributed by atoms with Gasteiger partial charge >= 0.3 is 0 Å². The van der Waals surface area contributed by atoms with Gasteiger partial charge in [0.2, 0.25) is 0 Å². The van der Waals surface area contributed by atoms with Crippen molar-refractivity contribution in [1.82, 2.24) is 5.32 Å². The molecular weight excluding hydrogens is 210 g/mol. The van der Waals surface area contributed by atoms with Gasteiger partial charge in [0.15, 0.2) is 0 Å². The Morgan fingerprint density at radius 1 is 1.24 bits per heavy atom. The van der Waals surface area contributed by atoms with Gasteiger partial charge in [-0.15, -0.1) is 0 Å². The topological polar surface area (TPSA) is 21.3 Å². The van der Waals surface area contributed by atoms with Crippen molar-refractivity contribution in [2.24, 2.45) is 11.3 Å². The Balaban J connectivity index is 1.72. The highest BCUT2D eigenvalue weighted by molar-refractivity contribution is 5.21. The Morgan fingerprint density at radius 2 is 1.82 bits per heavy atom. The van der Waals surface area contributed by atoms with Crippen molar-refractivity contribution in [2.45, 2.75) is 33.4 Å². The highest BCUT2D eigenvalue weighted by Gasteiger charge is 2.44. The molecule has 17 heavy (non-hydrogen) atoms. The van der Waals surface area contributed by atoms with Crippen molar-refractivity contribution in [3.05, 3.63) is 35.4 Å². The van der Waals surface area contributed by atoms with Gasteiger partial charge in [0.1, 0.15) is 0 Å². The standard InChI is InChI=1S/C15H23NO/c1-15(2)8-14(15)10-16-9-12-4-6-13(7-5-12)11-17-3/h4-7,14,16H,8-11H2,1-3H3. The van der Waals surface area contributed by atoms with Crippen molar-refractivity contribution in [1.29, 1.82) is 0 Å². The SMILES string of the molecule is COCc1ccc(CNCC2CC2(C)C)cc1. The van der Waals surface area contributed by atoms with Gasteiger partial charge in [-0.1, -0.05) is 38.1 Å². The molecule has 2 nitrogen and oxygen atoms in total. The van der Waals surface area contributed by atoms with Crippen LogP contribution in [0.5, 0.6) is 0 Å². The molecule has 1 fully saturated rings. The third-order valence-electron chi connectivity index (χ3n) is 3.77. The second-order valence-electron chi connectivity index (χ2n) is 5.77. The lowest BCUT2D eigenvalue weighted by Gasteiger charge is -2.07. The number of benzene rings is 1. The Hall–Kier alpha value is -0.860. The first-order chi connectivity index (χ1) is 8.12. The van der Waals surface area contributed by atoms with Crippen molar-refractivity contribution in [3.63, 3.8) is 0 Å². The van der Waals surface area contributed by atoms with Crippen molar-refractivity contribution < 1.29 is 4.74 Å². The molecule has 2 heteroatoms. The van der Waals surface area contributed by atoms with E-state index in [-0.39, 0.29) is 0 Å². The summed E-state index contributed by atoms with van der Waals surface area (Å²) in [6.45, 7) is 7.51. The lowest BCUT2D eigenvalue weighted by Crippen LogP contribution is -2.18. The second kappa shape index (κ2) is 5.19. The summed E-state index contributed by atoms with van der Waals surface area (Å²) in [5.74, 6) is 0.871. The van der Waals surface area contributed by atoms with E-state index >= 15 is 0 Å². The molecule has 0 aromatic heterocycles. The zero-order chi connectivity index (χ0) is 12.3. The van der Waals surface area contributed by atoms with Gasteiger partial charge in [-0.25, -0.2) is 0 Å². The van der Waals surface area contributed by atoms with E-state index in [0.29, 0.717) is 12.0 Å². The zero-order valence-electron chi connectivity index (χ0n) is 11.1. The van der Waals surface area contributed by atoms with E-state index in [1.807, 2.05) is 0 Å². The summed E-state index contributed by atoms with van der Waals surface area (Å²) in [5, 5.41) is 3.54. The predicted octanol–water partition coefficient (Wildman–Crippen LogP) is 2.97. The van der Waals surface area contributed by atoms with E-state index in [1.54, 1.807) is 7.11 Å². The molecule has 1 saturated carbocycles. The average Bonchev–Trinajstić information content (AvgIpc) is 2.89. The zero-order valence-corrected chi connectivity index (χ0v) is 11.1. The monoisotopic (exact) mass is 233 g/mol. The van der Waals surface area contributed by atoms with Crippen LogP contribution in [0.1, 0.15) is 31.4 Å². The van der Waals surface area contributed by atoms with Gasteiger partial charge in [-0.05, 0) is 35.4 Å². The van der Waals surface area contributed by atoms with Crippen LogP contribution in [0.25, 0.3) is 0 Å². The molecule has 0 aliphatic heterocycles. The van der Waals surface area contributed by atoms with Crippen molar-refractivity contribution >= 4 is 0 Å². The summed E-state index contributed by atoms with van der Waals surface area (Å²) in [7, 11) is 1.73. The number of methoxy groups -OCH3 is 1. The molecule has 2 rings (SSSR count). The van der Waals surface area contributed by atoms with E-state index in [2.05, 4.69) is 43.4 Å². The lowest BCUT2D eigenvalue weighted by molar-refractivity contribution is 0.185. The van der Waals surface area contributed by atoms with Crippen LogP contribution in [0.15, 0.2) is 24.3 Å². The number of rotatable bonds is 6. The average molecular weight is 233 g/mol. The maximum Gasteiger partial charge on any atom is 0.0713 e. The molecule has 0 radical (unpaired) electrons. The molecule has 0 spiro atoms. The lowest BCUT2D eigenvalue weighted by atomic mass is 10.1. The minimum absolute atomic E-state index is 0.579. The highest BCUT2D eigenvalue weighted by atomic mass is 16.5. The number of hydrogen-bond acceptors (Lipinski definition) is 2. The second-order valence-corrected chi connectivity index (χ2v) is 5.77. The van der Waals surface area contributed by atoms with Gasteiger partial charge in [-0.2, -0.15) is 0 Å². The number of nitrogens with one attached hydrogen (secondary N) is 1. The summed E-state index contributed by atoms with van der Waals surface area (Å²) >= 11 is 0. The van der Waals surface area contributed by atoms with Crippen LogP contribution in [-0.2, 0) is 17.9 Å². The third kappa shape index (κ3) is 3.55. The fraction of sp³-hybridized carbons (Fsp3) is 0.600. The van der Waals surface area contributed by atoms with Crippen LogP contribution in [0, 0.1) is 11.3 Å². The summed E-state index contributed by atoms with van der Waals surface area (Å²) in [6.07, 6.45) is 1.37. The molecular formula is C15H23NO. The molecule has 0 heterocycles. The normalized spacial score (nSPS) is 21.5. The first-order valence-corrected chi connectivity index (χ1v) is 6.39. The van der Waals surface area contributed by atoms with Crippen molar-refractivity contribution in [3.8, 4) is 0 Å². The van der Waals surface area contributed by atoms with Crippen LogP contribution < -0.4 is 5.32 Å². The van der Waals surface area contributed by atoms with Crippen molar-refractivity contribution in [2.75, 3.05) is 13.7 Å². The molecule has 0 saturated heterocycles. The van der Waals surface area contributed by atoms with E-state index in [9.17, 15) is 0 Å². The molecule has 1 atom stereocenters. The molecule has 1 N–H and O–H groups in total. The molecule has 94 valence electrons. The van der Waals surface area contributed by atoms with E-state index < -0.39 is 0 Å². The molecule has 1 aromatic rings. The van der Waals surface area contributed by atoms with Gasteiger partial charge < -0.3 is 10.1 Å². The highest BCUT2D eigenvalue weighted by Crippen LogP contribution is 2.50. The van der Waals surface area contributed by atoms with E-state index in [4.69, 9.17) is 4.74 Å². The van der Waals surface area contributed by atoms with Crippen LogP contribution in [0.2, 0.25) is 0 Å². The minimum atomic E-state index is 0.579. The first kappa shape index (κ1) is 12.6. The largest absolute Gasteiger partial charge is 0.380 e. The Bertz CT molecular complexity index is 356. The number of hydrogen-bond donors (Lipinski definition) is 1. The fourth-order valence-corrected chi connectivity index (χ4v) is 2.24. The molecule has 0 bridgehead atoms.